The Morgan fingerprint density at radius 1 is 1.22 bits per heavy atom. The monoisotopic (exact) mass is 244 g/mol. The summed E-state index contributed by atoms with van der Waals surface area (Å²) in [5.41, 5.74) is 2.59. The van der Waals surface area contributed by atoms with E-state index in [0.29, 0.717) is 6.04 Å². The maximum Gasteiger partial charge on any atom is 0.0553 e. The fourth-order valence-corrected chi connectivity index (χ4v) is 2.20. The molecule has 0 saturated heterocycles. The summed E-state index contributed by atoms with van der Waals surface area (Å²) >= 11 is 0. The summed E-state index contributed by atoms with van der Waals surface area (Å²) in [7, 11) is 2.00. The van der Waals surface area contributed by atoms with Gasteiger partial charge in [0.05, 0.1) is 5.69 Å². The van der Waals surface area contributed by atoms with E-state index in [1.807, 2.05) is 30.3 Å². The van der Waals surface area contributed by atoms with Gasteiger partial charge in [-0.1, -0.05) is 0 Å². The molecule has 0 bridgehead atoms. The normalized spacial score (nSPS) is 12.6. The molecule has 2 aromatic heterocycles. The van der Waals surface area contributed by atoms with Crippen LogP contribution in [0.25, 0.3) is 0 Å². The van der Waals surface area contributed by atoms with Crippen molar-refractivity contribution in [2.45, 2.75) is 32.4 Å². The Labute approximate surface area is 108 Å². The highest BCUT2D eigenvalue weighted by molar-refractivity contribution is 5.12. The molecule has 1 atom stereocenters. The van der Waals surface area contributed by atoms with Crippen molar-refractivity contribution in [1.29, 1.82) is 0 Å². The molecule has 4 heteroatoms. The highest BCUT2D eigenvalue weighted by Crippen LogP contribution is 2.18. The summed E-state index contributed by atoms with van der Waals surface area (Å²) in [6.45, 7) is 3.03. The van der Waals surface area contributed by atoms with Gasteiger partial charge < -0.3 is 5.32 Å². The van der Waals surface area contributed by atoms with Crippen LogP contribution in [0.2, 0.25) is 0 Å². The van der Waals surface area contributed by atoms with Gasteiger partial charge in [0, 0.05) is 31.2 Å². The molecule has 0 aromatic carbocycles. The third kappa shape index (κ3) is 2.96. The molecule has 1 N–H and O–H groups in total. The second kappa shape index (κ2) is 6.31. The molecule has 18 heavy (non-hydrogen) atoms. The lowest BCUT2D eigenvalue weighted by molar-refractivity contribution is 0.489. The van der Waals surface area contributed by atoms with Crippen LogP contribution in [0.4, 0.5) is 0 Å². The quantitative estimate of drug-likeness (QED) is 0.847. The van der Waals surface area contributed by atoms with E-state index in [0.717, 1.165) is 19.4 Å². The Hall–Kier alpha value is -1.68. The standard InChI is InChI=1S/C14H20N4/c1-3-18-14(8-11-17-18)13(15-2)5-4-12-6-9-16-10-7-12/h6-11,13,15H,3-5H2,1-2H3. The number of hydrogen-bond acceptors (Lipinski definition) is 3. The fourth-order valence-electron chi connectivity index (χ4n) is 2.20. The molecule has 2 aromatic rings. The summed E-state index contributed by atoms with van der Waals surface area (Å²) < 4.78 is 2.05. The SMILES string of the molecule is CCn1nccc1C(CCc1ccncc1)NC. The van der Waals surface area contributed by atoms with Gasteiger partial charge in [0.15, 0.2) is 0 Å². The van der Waals surface area contributed by atoms with Crippen LogP contribution in [0.1, 0.15) is 30.6 Å². The molecule has 0 aliphatic rings. The lowest BCUT2D eigenvalue weighted by Crippen LogP contribution is -2.20. The lowest BCUT2D eigenvalue weighted by Gasteiger charge is -2.17. The number of nitrogens with one attached hydrogen (secondary N) is 1. The minimum Gasteiger partial charge on any atom is -0.312 e. The Kier molecular flexibility index (Phi) is 4.47. The number of pyridine rings is 1. The van der Waals surface area contributed by atoms with E-state index in [2.05, 4.69) is 40.5 Å². The molecule has 0 radical (unpaired) electrons. The van der Waals surface area contributed by atoms with Crippen LogP contribution in [0.15, 0.2) is 36.8 Å². The zero-order valence-electron chi connectivity index (χ0n) is 11.0. The molecule has 0 saturated carbocycles. The molecule has 1 unspecified atom stereocenters. The molecule has 0 aliphatic heterocycles. The zero-order chi connectivity index (χ0) is 12.8. The average Bonchev–Trinajstić information content (AvgIpc) is 2.89. The van der Waals surface area contributed by atoms with Crippen LogP contribution in [-0.4, -0.2) is 21.8 Å². The molecule has 0 spiro atoms. The van der Waals surface area contributed by atoms with Crippen LogP contribution in [-0.2, 0) is 13.0 Å². The van der Waals surface area contributed by atoms with E-state index in [1.54, 1.807) is 0 Å². The van der Waals surface area contributed by atoms with Crippen molar-refractivity contribution in [3.8, 4) is 0 Å². The average molecular weight is 244 g/mol. The van der Waals surface area contributed by atoms with Crippen molar-refractivity contribution in [2.24, 2.45) is 0 Å². The third-order valence-corrected chi connectivity index (χ3v) is 3.23. The predicted molar refractivity (Wildman–Crippen MR) is 72.3 cm³/mol. The van der Waals surface area contributed by atoms with Gasteiger partial charge in [0.25, 0.3) is 0 Å². The Morgan fingerprint density at radius 2 is 2.00 bits per heavy atom. The van der Waals surface area contributed by atoms with Crippen LogP contribution >= 0.6 is 0 Å². The zero-order valence-corrected chi connectivity index (χ0v) is 11.0. The van der Waals surface area contributed by atoms with Crippen molar-refractivity contribution >= 4 is 0 Å². The maximum atomic E-state index is 4.33. The highest BCUT2D eigenvalue weighted by atomic mass is 15.3. The fraction of sp³-hybridized carbons (Fsp3) is 0.429. The van der Waals surface area contributed by atoms with Gasteiger partial charge in [0.1, 0.15) is 0 Å². The number of aromatic nitrogens is 3. The topological polar surface area (TPSA) is 42.7 Å². The first kappa shape index (κ1) is 12.8. The van der Waals surface area contributed by atoms with Gasteiger partial charge in [-0.3, -0.25) is 9.67 Å². The van der Waals surface area contributed by atoms with Gasteiger partial charge >= 0.3 is 0 Å². The molecule has 96 valence electrons. The van der Waals surface area contributed by atoms with Crippen LogP contribution in [0.5, 0.6) is 0 Å². The molecule has 2 heterocycles. The first-order valence-electron chi connectivity index (χ1n) is 6.43. The predicted octanol–water partition coefficient (Wildman–Crippen LogP) is 2.19. The van der Waals surface area contributed by atoms with Crippen molar-refractivity contribution in [2.75, 3.05) is 7.05 Å². The summed E-state index contributed by atoms with van der Waals surface area (Å²) in [5.74, 6) is 0. The van der Waals surface area contributed by atoms with Crippen LogP contribution < -0.4 is 5.32 Å². The van der Waals surface area contributed by atoms with Crippen molar-refractivity contribution in [3.63, 3.8) is 0 Å². The molecular formula is C14H20N4. The Bertz CT molecular complexity index is 464. The number of rotatable bonds is 6. The molecule has 0 aliphatic carbocycles. The van der Waals surface area contributed by atoms with Crippen molar-refractivity contribution in [3.05, 3.63) is 48.0 Å². The molecular weight excluding hydrogens is 224 g/mol. The summed E-state index contributed by atoms with van der Waals surface area (Å²) in [5, 5.41) is 7.70. The third-order valence-electron chi connectivity index (χ3n) is 3.23. The van der Waals surface area contributed by atoms with Gasteiger partial charge in [-0.15, -0.1) is 0 Å². The molecule has 0 fully saturated rings. The van der Waals surface area contributed by atoms with Crippen LogP contribution in [0.3, 0.4) is 0 Å². The van der Waals surface area contributed by atoms with Gasteiger partial charge in [0.2, 0.25) is 0 Å². The Morgan fingerprint density at radius 3 is 2.67 bits per heavy atom. The smallest absolute Gasteiger partial charge is 0.0553 e. The molecule has 2 rings (SSSR count). The van der Waals surface area contributed by atoms with Gasteiger partial charge in [-0.05, 0) is 50.6 Å². The van der Waals surface area contributed by atoms with E-state index < -0.39 is 0 Å². The van der Waals surface area contributed by atoms with E-state index in [9.17, 15) is 0 Å². The number of hydrogen-bond donors (Lipinski definition) is 1. The van der Waals surface area contributed by atoms with Gasteiger partial charge in [-0.25, -0.2) is 0 Å². The number of nitrogens with zero attached hydrogens (tertiary/aromatic N) is 3. The maximum absolute atomic E-state index is 4.33. The Balaban J connectivity index is 2.02. The minimum atomic E-state index is 0.348. The minimum absolute atomic E-state index is 0.348. The van der Waals surface area contributed by atoms with Gasteiger partial charge in [-0.2, -0.15) is 5.10 Å². The molecule has 4 nitrogen and oxygen atoms in total. The van der Waals surface area contributed by atoms with E-state index in [-0.39, 0.29) is 0 Å². The first-order chi connectivity index (χ1) is 8.85. The summed E-state index contributed by atoms with van der Waals surface area (Å²) in [6, 6.07) is 6.59. The largest absolute Gasteiger partial charge is 0.312 e. The summed E-state index contributed by atoms with van der Waals surface area (Å²) in [6.07, 6.45) is 7.67. The highest BCUT2D eigenvalue weighted by Gasteiger charge is 2.13. The first-order valence-corrected chi connectivity index (χ1v) is 6.43. The van der Waals surface area contributed by atoms with Crippen molar-refractivity contribution < 1.29 is 0 Å². The number of aryl methyl sites for hydroxylation is 2. The molecule has 0 amide bonds. The van der Waals surface area contributed by atoms with Crippen molar-refractivity contribution in [1.82, 2.24) is 20.1 Å². The van der Waals surface area contributed by atoms with E-state index in [4.69, 9.17) is 0 Å². The van der Waals surface area contributed by atoms with Crippen LogP contribution in [0, 0.1) is 0 Å². The van der Waals surface area contributed by atoms with E-state index >= 15 is 0 Å². The second-order valence-electron chi connectivity index (χ2n) is 4.31. The van der Waals surface area contributed by atoms with E-state index in [1.165, 1.54) is 11.3 Å². The lowest BCUT2D eigenvalue weighted by atomic mass is 10.0. The second-order valence-corrected chi connectivity index (χ2v) is 4.31. The summed E-state index contributed by atoms with van der Waals surface area (Å²) in [4.78, 5) is 4.04.